The maximum atomic E-state index is 13.7. The molecule has 6 amide bonds. The van der Waals surface area contributed by atoms with Gasteiger partial charge in [0.05, 0.1) is 0 Å². The zero-order valence-corrected chi connectivity index (χ0v) is 44.4. The molecule has 18 heteroatoms. The second-order valence-electron chi connectivity index (χ2n) is 18.9. The number of amides is 6. The van der Waals surface area contributed by atoms with Crippen molar-refractivity contribution in [1.82, 2.24) is 16.0 Å². The average Bonchev–Trinajstić information content (AvgIpc) is 3.47. The first-order valence-corrected chi connectivity index (χ1v) is 26.8. The van der Waals surface area contributed by atoms with Gasteiger partial charge in [0.1, 0.15) is 37.9 Å². The molecule has 0 fully saturated rings. The lowest BCUT2D eigenvalue weighted by Crippen LogP contribution is -2.44. The zero-order valence-electron chi connectivity index (χ0n) is 44.4. The van der Waals surface area contributed by atoms with Gasteiger partial charge in [0.25, 0.3) is 0 Å². The number of anilines is 3. The highest BCUT2D eigenvalue weighted by Crippen LogP contribution is 2.34. The first-order valence-electron chi connectivity index (χ1n) is 26.8. The van der Waals surface area contributed by atoms with E-state index >= 15 is 0 Å². The molecule has 0 unspecified atom stereocenters. The first kappa shape index (κ1) is 59.7. The van der Waals surface area contributed by atoms with E-state index in [4.69, 9.17) is 31.4 Å². The summed E-state index contributed by atoms with van der Waals surface area (Å²) in [5.41, 5.74) is 23.7. The van der Waals surface area contributed by atoms with Crippen LogP contribution in [0.4, 0.5) is 31.4 Å². The lowest BCUT2D eigenvalue weighted by Gasteiger charge is -2.22. The summed E-state index contributed by atoms with van der Waals surface area (Å²) >= 11 is 0. The van der Waals surface area contributed by atoms with Gasteiger partial charge in [-0.2, -0.15) is 0 Å². The topological polar surface area (TPSA) is 280 Å². The van der Waals surface area contributed by atoms with Crippen molar-refractivity contribution in [1.29, 1.82) is 0 Å². The Labute approximate surface area is 461 Å². The van der Waals surface area contributed by atoms with Crippen LogP contribution >= 0.6 is 0 Å². The summed E-state index contributed by atoms with van der Waals surface area (Å²) in [6, 6.07) is 47.0. The highest BCUT2D eigenvalue weighted by molar-refractivity contribution is 5.98. The molecule has 18 nitrogen and oxygen atoms in total. The van der Waals surface area contributed by atoms with Gasteiger partial charge >= 0.3 is 18.3 Å². The molecule has 6 aromatic carbocycles. The molecule has 79 heavy (non-hydrogen) atoms. The third-order valence-electron chi connectivity index (χ3n) is 12.8. The predicted molar refractivity (Wildman–Crippen MR) is 306 cm³/mol. The molecule has 12 N–H and O–H groups in total. The van der Waals surface area contributed by atoms with Gasteiger partial charge < -0.3 is 63.3 Å². The van der Waals surface area contributed by atoms with E-state index in [0.717, 1.165) is 33.4 Å². The predicted octanol–water partition coefficient (Wildman–Crippen LogP) is 8.95. The van der Waals surface area contributed by atoms with Gasteiger partial charge in [-0.15, -0.1) is 0 Å². The van der Waals surface area contributed by atoms with Crippen LogP contribution in [0.2, 0.25) is 0 Å². The van der Waals surface area contributed by atoms with Gasteiger partial charge in [0, 0.05) is 23.0 Å². The van der Waals surface area contributed by atoms with Crippen molar-refractivity contribution >= 4 is 53.1 Å². The van der Waals surface area contributed by atoms with Crippen LogP contribution in [-0.2, 0) is 48.4 Å². The summed E-state index contributed by atoms with van der Waals surface area (Å²) in [4.78, 5) is 79.9. The Kier molecular flexibility index (Phi) is 24.8. The third kappa shape index (κ3) is 20.7. The molecule has 0 aliphatic rings. The van der Waals surface area contributed by atoms with Crippen molar-refractivity contribution in [3.8, 4) is 0 Å². The van der Waals surface area contributed by atoms with Gasteiger partial charge in [0.2, 0.25) is 17.7 Å². The number of nitrogens with one attached hydrogen (secondary N) is 6. The molecule has 0 saturated carbocycles. The minimum atomic E-state index is -0.892. The third-order valence-corrected chi connectivity index (χ3v) is 12.8. The fourth-order valence-corrected chi connectivity index (χ4v) is 8.55. The normalized spacial score (nSPS) is 12.0. The van der Waals surface area contributed by atoms with E-state index in [9.17, 15) is 28.8 Å². The summed E-state index contributed by atoms with van der Waals surface area (Å²) < 4.78 is 16.3. The van der Waals surface area contributed by atoms with Crippen LogP contribution in [0.25, 0.3) is 0 Å². The molecule has 0 aliphatic heterocycles. The molecule has 0 saturated heterocycles. The zero-order chi connectivity index (χ0) is 56.0. The Morgan fingerprint density at radius 2 is 0.595 bits per heavy atom. The summed E-state index contributed by atoms with van der Waals surface area (Å²) in [7, 11) is 0. The molecule has 3 atom stereocenters. The van der Waals surface area contributed by atoms with Crippen LogP contribution in [0.15, 0.2) is 164 Å². The Bertz CT molecular complexity index is 2500. The van der Waals surface area contributed by atoms with E-state index in [0.29, 0.717) is 94.5 Å². The first-order chi connectivity index (χ1) is 38.5. The smallest absolute Gasteiger partial charge is 0.408 e. The van der Waals surface area contributed by atoms with Crippen molar-refractivity contribution in [2.75, 3.05) is 35.6 Å². The molecule has 416 valence electrons. The molecule has 0 spiro atoms. The van der Waals surface area contributed by atoms with E-state index in [1.165, 1.54) is 0 Å². The number of benzene rings is 6. The fourth-order valence-electron chi connectivity index (χ4n) is 8.55. The van der Waals surface area contributed by atoms with Gasteiger partial charge in [-0.1, -0.05) is 127 Å². The monoisotopic (exact) mass is 1080 g/mol. The van der Waals surface area contributed by atoms with Crippen LogP contribution in [0.3, 0.4) is 0 Å². The molecule has 6 rings (SSSR count). The maximum Gasteiger partial charge on any atom is 0.408 e. The van der Waals surface area contributed by atoms with E-state index in [-0.39, 0.29) is 19.8 Å². The Balaban J connectivity index is 1.20. The molecule has 0 aliphatic carbocycles. The Morgan fingerprint density at radius 3 is 0.835 bits per heavy atom. The molecule has 0 radical (unpaired) electrons. The van der Waals surface area contributed by atoms with Crippen LogP contribution in [0, 0.1) is 0 Å². The summed E-state index contributed by atoms with van der Waals surface area (Å²) in [6.07, 6.45) is 2.68. The molecule has 0 bridgehead atoms. The number of unbranched alkanes of at least 4 members (excludes halogenated alkanes) is 3. The number of carbonyl (C=O) groups excluding carboxylic acids is 6. The lowest BCUT2D eigenvalue weighted by atomic mass is 9.85. The van der Waals surface area contributed by atoms with Crippen molar-refractivity contribution in [3.05, 3.63) is 197 Å². The number of rotatable bonds is 30. The van der Waals surface area contributed by atoms with Crippen LogP contribution in [0.5, 0.6) is 0 Å². The minimum Gasteiger partial charge on any atom is -0.445 e. The van der Waals surface area contributed by atoms with Crippen molar-refractivity contribution in [2.45, 2.75) is 102 Å². The summed E-state index contributed by atoms with van der Waals surface area (Å²) in [5.74, 6) is -1.67. The summed E-state index contributed by atoms with van der Waals surface area (Å²) in [5, 5.41) is 17.0. The van der Waals surface area contributed by atoms with E-state index in [2.05, 4.69) is 31.9 Å². The highest BCUT2D eigenvalue weighted by atomic mass is 16.6. The Morgan fingerprint density at radius 1 is 0.342 bits per heavy atom. The molecule has 6 aromatic rings. The van der Waals surface area contributed by atoms with Gasteiger partial charge in [0.15, 0.2) is 0 Å². The van der Waals surface area contributed by atoms with Crippen molar-refractivity contribution < 1.29 is 43.0 Å². The van der Waals surface area contributed by atoms with Gasteiger partial charge in [-0.25, -0.2) is 14.4 Å². The number of carbonyl (C=O) groups is 6. The van der Waals surface area contributed by atoms with E-state index < -0.39 is 60.0 Å². The standard InChI is InChI=1S/C61H73N9O9/c62-37-13-10-22-52(68-59(74)77-40-43-16-4-1-5-17-43)56(71)65-49-31-25-46(26-32-49)55(47-27-33-50(34-28-47)66-57(72)53(23-11-14-38-63)69-60(75)78-41-44-18-6-2-7-19-44)48-29-35-51(36-30-48)67-58(73)54(24-12-15-39-64)70-61(76)79-42-45-20-8-3-9-21-45/h1-9,16-21,25-36,52-55H,10-15,22-24,37-42,62-64H2,(H,65,71)(H,66,72)(H,67,73)(H,68,74)(H,69,75)(H,70,76)/t52-,53-,54-/m0/s1. The molecule has 0 heterocycles. The number of ether oxygens (including phenoxy) is 3. The maximum absolute atomic E-state index is 13.7. The minimum absolute atomic E-state index is 0.0458. The lowest BCUT2D eigenvalue weighted by molar-refractivity contribution is -0.119. The fraction of sp³-hybridized carbons (Fsp3) is 0.311. The molecular formula is C61H73N9O9. The second-order valence-corrected chi connectivity index (χ2v) is 18.9. The van der Waals surface area contributed by atoms with Crippen molar-refractivity contribution in [3.63, 3.8) is 0 Å². The molecule has 0 aromatic heterocycles. The SMILES string of the molecule is NCCCC[C@H](NC(=O)OCc1ccccc1)C(=O)Nc1ccc(C(c2ccc(NC(=O)[C@H](CCCCN)NC(=O)OCc3ccccc3)cc2)c2ccc(NC(=O)[C@H](CCCCN)NC(=O)OCc3ccccc3)cc2)cc1. The summed E-state index contributed by atoms with van der Waals surface area (Å²) in [6.45, 7) is 1.45. The average molecular weight is 1080 g/mol. The van der Waals surface area contributed by atoms with Crippen LogP contribution < -0.4 is 49.1 Å². The van der Waals surface area contributed by atoms with Crippen molar-refractivity contribution in [2.24, 2.45) is 17.2 Å². The highest BCUT2D eigenvalue weighted by Gasteiger charge is 2.26. The quantitative estimate of drug-likeness (QED) is 0.0116. The van der Waals surface area contributed by atoms with Gasteiger partial charge in [-0.05, 0) is 147 Å². The number of hydrogen-bond donors (Lipinski definition) is 9. The van der Waals surface area contributed by atoms with E-state index in [1.54, 1.807) is 36.4 Å². The van der Waals surface area contributed by atoms with Crippen LogP contribution in [0.1, 0.15) is 97.1 Å². The second kappa shape index (κ2) is 32.9. The number of alkyl carbamates (subject to hydrolysis) is 3. The Hall–Kier alpha value is -8.58. The number of nitrogens with two attached hydrogens (primary N) is 3. The number of hydrogen-bond acceptors (Lipinski definition) is 12. The molecular weight excluding hydrogens is 1000 g/mol. The largest absolute Gasteiger partial charge is 0.445 e. The van der Waals surface area contributed by atoms with Crippen LogP contribution in [-0.4, -0.2) is 73.8 Å². The van der Waals surface area contributed by atoms with E-state index in [1.807, 2.05) is 127 Å². The van der Waals surface area contributed by atoms with Gasteiger partial charge in [-0.3, -0.25) is 14.4 Å².